The van der Waals surface area contributed by atoms with Gasteiger partial charge in [0.1, 0.15) is 23.0 Å². The van der Waals surface area contributed by atoms with Gasteiger partial charge < -0.3 is 11.1 Å². The normalized spacial score (nSPS) is 10.9. The van der Waals surface area contributed by atoms with Crippen LogP contribution in [0.3, 0.4) is 0 Å². The zero-order chi connectivity index (χ0) is 13.8. The summed E-state index contributed by atoms with van der Waals surface area (Å²) in [5.41, 5.74) is 6.69. The van der Waals surface area contributed by atoms with Crippen LogP contribution in [-0.2, 0) is 6.42 Å². The van der Waals surface area contributed by atoms with Crippen molar-refractivity contribution in [3.8, 4) is 0 Å². The zero-order valence-electron chi connectivity index (χ0n) is 10.9. The molecule has 5 nitrogen and oxygen atoms in total. The average Bonchev–Trinajstić information content (AvgIpc) is 2.83. The van der Waals surface area contributed by atoms with Gasteiger partial charge in [0.2, 0.25) is 0 Å². The van der Waals surface area contributed by atoms with Crippen LogP contribution >= 0.6 is 22.9 Å². The van der Waals surface area contributed by atoms with E-state index < -0.39 is 0 Å². The molecule has 0 aliphatic carbocycles. The van der Waals surface area contributed by atoms with Crippen LogP contribution < -0.4 is 11.1 Å². The van der Waals surface area contributed by atoms with Crippen molar-refractivity contribution in [1.82, 2.24) is 15.0 Å². The molecule has 3 N–H and O–H groups in total. The maximum atomic E-state index is 5.99. The van der Waals surface area contributed by atoms with Crippen molar-refractivity contribution in [3.05, 3.63) is 27.4 Å². The molecule has 0 aromatic carbocycles. The van der Waals surface area contributed by atoms with E-state index in [4.69, 9.17) is 17.3 Å². The van der Waals surface area contributed by atoms with Crippen molar-refractivity contribution >= 4 is 34.6 Å². The summed E-state index contributed by atoms with van der Waals surface area (Å²) in [6.45, 7) is 4.99. The first kappa shape index (κ1) is 14.0. The first-order valence-corrected chi connectivity index (χ1v) is 7.28. The Bertz CT molecular complexity index is 555. The van der Waals surface area contributed by atoms with E-state index in [0.29, 0.717) is 23.3 Å². The van der Waals surface area contributed by atoms with Crippen molar-refractivity contribution in [1.29, 1.82) is 0 Å². The van der Waals surface area contributed by atoms with E-state index in [1.165, 1.54) is 11.3 Å². The van der Waals surface area contributed by atoms with Crippen molar-refractivity contribution in [2.45, 2.75) is 26.2 Å². The van der Waals surface area contributed by atoms with Gasteiger partial charge in [-0.15, -0.1) is 11.3 Å². The summed E-state index contributed by atoms with van der Waals surface area (Å²) in [5, 5.41) is 6.76. The predicted molar refractivity (Wildman–Crippen MR) is 79.9 cm³/mol. The first-order valence-electron chi connectivity index (χ1n) is 6.02. The highest BCUT2D eigenvalue weighted by atomic mass is 35.5. The van der Waals surface area contributed by atoms with Crippen molar-refractivity contribution in [2.24, 2.45) is 0 Å². The second-order valence-corrected chi connectivity index (χ2v) is 5.70. The number of anilines is 2. The summed E-state index contributed by atoms with van der Waals surface area (Å²) in [6, 6.07) is 0. The first-order chi connectivity index (χ1) is 9.08. The van der Waals surface area contributed by atoms with Gasteiger partial charge in [0.25, 0.3) is 0 Å². The highest BCUT2D eigenvalue weighted by Gasteiger charge is 2.08. The van der Waals surface area contributed by atoms with Crippen LogP contribution in [0.5, 0.6) is 0 Å². The van der Waals surface area contributed by atoms with Crippen LogP contribution in [0, 0.1) is 0 Å². The van der Waals surface area contributed by atoms with Crippen LogP contribution in [0.15, 0.2) is 11.7 Å². The van der Waals surface area contributed by atoms with Crippen molar-refractivity contribution in [3.63, 3.8) is 0 Å². The number of nitrogens with zero attached hydrogens (tertiary/aromatic N) is 3. The Kier molecular flexibility index (Phi) is 4.55. The predicted octanol–water partition coefficient (Wildman–Crippen LogP) is 2.95. The molecule has 2 rings (SSSR count). The Balaban J connectivity index is 1.91. The second kappa shape index (κ2) is 6.16. The summed E-state index contributed by atoms with van der Waals surface area (Å²) in [6.07, 6.45) is 2.21. The van der Waals surface area contributed by atoms with E-state index in [2.05, 4.69) is 39.5 Å². The molecule has 0 unspecified atom stereocenters. The minimum absolute atomic E-state index is 0.287. The number of hydrogen-bond donors (Lipinski definition) is 2. The molecule has 7 heteroatoms. The fraction of sp³-hybridized carbons (Fsp3) is 0.417. The average molecular weight is 298 g/mol. The fourth-order valence-corrected chi connectivity index (χ4v) is 2.55. The van der Waals surface area contributed by atoms with Crippen LogP contribution in [0.2, 0.25) is 5.02 Å². The monoisotopic (exact) mass is 297 g/mol. The maximum Gasteiger partial charge on any atom is 0.150 e. The lowest BCUT2D eigenvalue weighted by Crippen LogP contribution is -2.08. The summed E-state index contributed by atoms with van der Waals surface area (Å²) in [4.78, 5) is 12.4. The number of halogens is 1. The third-order valence-electron chi connectivity index (χ3n) is 2.55. The molecule has 0 atom stereocenters. The van der Waals surface area contributed by atoms with Gasteiger partial charge in [-0.05, 0) is 0 Å². The molecule has 0 fully saturated rings. The highest BCUT2D eigenvalue weighted by molar-refractivity contribution is 7.09. The summed E-state index contributed by atoms with van der Waals surface area (Å²) >= 11 is 7.69. The molecule has 0 aliphatic rings. The zero-order valence-corrected chi connectivity index (χ0v) is 12.4. The van der Waals surface area contributed by atoms with E-state index >= 15 is 0 Å². The number of nitrogen functional groups attached to an aromatic ring is 1. The summed E-state index contributed by atoms with van der Waals surface area (Å²) < 4.78 is 0. The molecule has 2 aromatic rings. The Morgan fingerprint density at radius 3 is 2.89 bits per heavy atom. The van der Waals surface area contributed by atoms with Crippen LogP contribution in [0.1, 0.15) is 30.5 Å². The molecule has 0 spiro atoms. The van der Waals surface area contributed by atoms with E-state index in [1.54, 1.807) is 11.3 Å². The molecule has 0 radical (unpaired) electrons. The topological polar surface area (TPSA) is 76.7 Å². The molecule has 2 heterocycles. The van der Waals surface area contributed by atoms with E-state index in [1.807, 2.05) is 0 Å². The van der Waals surface area contributed by atoms with Crippen LogP contribution in [0.25, 0.3) is 0 Å². The number of rotatable bonds is 5. The van der Waals surface area contributed by atoms with Gasteiger partial charge in [-0.1, -0.05) is 25.4 Å². The van der Waals surface area contributed by atoms with Crippen LogP contribution in [-0.4, -0.2) is 21.5 Å². The number of aromatic nitrogens is 3. The van der Waals surface area contributed by atoms with E-state index in [9.17, 15) is 0 Å². The van der Waals surface area contributed by atoms with Crippen LogP contribution in [0.4, 0.5) is 11.6 Å². The Hall–Kier alpha value is -1.40. The quantitative estimate of drug-likeness (QED) is 0.887. The third kappa shape index (κ3) is 3.54. The Morgan fingerprint density at radius 1 is 1.42 bits per heavy atom. The highest BCUT2D eigenvalue weighted by Crippen LogP contribution is 2.23. The van der Waals surface area contributed by atoms with E-state index in [0.717, 1.165) is 12.1 Å². The third-order valence-corrected chi connectivity index (χ3v) is 4.12. The standard InChI is InChI=1S/C12H16ClN5S/c1-7(2)12-18-8(5-19-12)3-4-15-11-9(13)10(14)16-6-17-11/h5-7H,3-4H2,1-2H3,(H3,14,15,16,17). The molecule has 2 aromatic heterocycles. The molecular formula is C12H16ClN5S. The van der Waals surface area contributed by atoms with Gasteiger partial charge in [0.05, 0.1) is 10.7 Å². The SMILES string of the molecule is CC(C)c1nc(CCNc2ncnc(N)c2Cl)cs1. The molecular weight excluding hydrogens is 282 g/mol. The molecule has 0 amide bonds. The van der Waals surface area contributed by atoms with Gasteiger partial charge in [0.15, 0.2) is 0 Å². The van der Waals surface area contributed by atoms with Gasteiger partial charge in [-0.3, -0.25) is 0 Å². The largest absolute Gasteiger partial charge is 0.382 e. The number of nitrogens with two attached hydrogens (primary N) is 1. The van der Waals surface area contributed by atoms with Gasteiger partial charge in [-0.25, -0.2) is 15.0 Å². The summed E-state index contributed by atoms with van der Waals surface area (Å²) in [5.74, 6) is 1.33. The summed E-state index contributed by atoms with van der Waals surface area (Å²) in [7, 11) is 0. The number of thiazole rings is 1. The Labute approximate surface area is 121 Å². The number of nitrogens with one attached hydrogen (secondary N) is 1. The minimum Gasteiger partial charge on any atom is -0.382 e. The molecule has 0 aliphatic heterocycles. The minimum atomic E-state index is 0.287. The lowest BCUT2D eigenvalue weighted by atomic mass is 10.2. The van der Waals surface area contributed by atoms with Gasteiger partial charge >= 0.3 is 0 Å². The molecule has 0 saturated heterocycles. The van der Waals surface area contributed by atoms with Gasteiger partial charge in [-0.2, -0.15) is 0 Å². The maximum absolute atomic E-state index is 5.99. The molecule has 102 valence electrons. The second-order valence-electron chi connectivity index (χ2n) is 4.43. The lowest BCUT2D eigenvalue weighted by molar-refractivity contribution is 0.835. The van der Waals surface area contributed by atoms with Gasteiger partial charge in [0, 0.05) is 24.3 Å². The smallest absolute Gasteiger partial charge is 0.150 e. The number of hydrogen-bond acceptors (Lipinski definition) is 6. The molecule has 19 heavy (non-hydrogen) atoms. The Morgan fingerprint density at radius 2 is 2.21 bits per heavy atom. The molecule has 0 bridgehead atoms. The lowest BCUT2D eigenvalue weighted by Gasteiger charge is -2.06. The fourth-order valence-electron chi connectivity index (χ4n) is 1.52. The van der Waals surface area contributed by atoms with Crippen molar-refractivity contribution in [2.75, 3.05) is 17.6 Å². The van der Waals surface area contributed by atoms with Crippen molar-refractivity contribution < 1.29 is 0 Å². The molecule has 0 saturated carbocycles. The van der Waals surface area contributed by atoms with E-state index in [-0.39, 0.29) is 5.82 Å².